The molecule has 0 bridgehead atoms. The van der Waals surface area contributed by atoms with Crippen LogP contribution in [-0.2, 0) is 16.0 Å². The van der Waals surface area contributed by atoms with Gasteiger partial charge in [0.25, 0.3) is 0 Å². The van der Waals surface area contributed by atoms with Gasteiger partial charge in [0, 0.05) is 19.1 Å². The molecule has 1 aromatic carbocycles. The van der Waals surface area contributed by atoms with Gasteiger partial charge in [-0.3, -0.25) is 9.59 Å². The van der Waals surface area contributed by atoms with Crippen LogP contribution < -0.4 is 15.4 Å². The lowest BCUT2D eigenvalue weighted by atomic mass is 10.1. The normalized spacial score (nSPS) is 17.8. The highest BCUT2D eigenvalue weighted by atomic mass is 32.1. The zero-order chi connectivity index (χ0) is 14.5. The van der Waals surface area contributed by atoms with Gasteiger partial charge in [-0.15, -0.1) is 0 Å². The molecule has 0 spiro atoms. The minimum Gasteiger partial charge on any atom is -0.488 e. The molecule has 1 heterocycles. The summed E-state index contributed by atoms with van der Waals surface area (Å²) in [6, 6.07) is 7.22. The van der Waals surface area contributed by atoms with E-state index in [1.165, 1.54) is 6.92 Å². The minimum atomic E-state index is -0.611. The van der Waals surface area contributed by atoms with Crippen molar-refractivity contribution in [1.29, 1.82) is 0 Å². The number of ether oxygens (including phenoxy) is 1. The molecule has 2 rings (SSSR count). The molecule has 20 heavy (non-hydrogen) atoms. The number of nitrogens with one attached hydrogen (secondary N) is 2. The van der Waals surface area contributed by atoms with Gasteiger partial charge in [0.1, 0.15) is 17.9 Å². The Bertz CT molecular complexity index is 482. The fraction of sp³-hybridized carbons (Fsp3) is 0.429. The Balaban J connectivity index is 1.82. The van der Waals surface area contributed by atoms with Gasteiger partial charge in [0.2, 0.25) is 11.8 Å². The maximum Gasteiger partial charge on any atom is 0.243 e. The summed E-state index contributed by atoms with van der Waals surface area (Å²) in [6.07, 6.45) is 0.719. The Labute approximate surface area is 123 Å². The largest absolute Gasteiger partial charge is 0.488 e. The molecule has 2 N–H and O–H groups in total. The third-order valence-electron chi connectivity index (χ3n) is 3.09. The molecule has 0 aromatic heterocycles. The van der Waals surface area contributed by atoms with E-state index in [1.54, 1.807) is 0 Å². The second-order valence-electron chi connectivity index (χ2n) is 4.73. The van der Waals surface area contributed by atoms with Crippen molar-refractivity contribution in [3.8, 4) is 5.75 Å². The standard InChI is InChI=1S/C14H18N2O3S/c1-9(17)16-12(8-20)14(18)15-7-11-6-10-4-2-3-5-13(10)19-11/h2-5,11-12,20H,6-8H2,1H3,(H,15,18)(H,16,17). The van der Waals surface area contributed by atoms with Crippen LogP contribution in [0.25, 0.3) is 0 Å². The van der Waals surface area contributed by atoms with Crippen LogP contribution in [0.3, 0.4) is 0 Å². The lowest BCUT2D eigenvalue weighted by Crippen LogP contribution is -2.49. The Morgan fingerprint density at radius 3 is 2.85 bits per heavy atom. The molecule has 108 valence electrons. The molecule has 0 aliphatic carbocycles. The molecule has 0 fully saturated rings. The summed E-state index contributed by atoms with van der Waals surface area (Å²) in [5.74, 6) is 0.648. The van der Waals surface area contributed by atoms with Gasteiger partial charge >= 0.3 is 0 Å². The molecule has 1 aromatic rings. The maximum atomic E-state index is 11.9. The van der Waals surface area contributed by atoms with Crippen LogP contribution >= 0.6 is 12.6 Å². The molecule has 2 unspecified atom stereocenters. The van der Waals surface area contributed by atoms with E-state index < -0.39 is 6.04 Å². The molecule has 2 atom stereocenters. The Kier molecular flexibility index (Phi) is 4.89. The highest BCUT2D eigenvalue weighted by Gasteiger charge is 2.24. The number of hydrogen-bond acceptors (Lipinski definition) is 4. The van der Waals surface area contributed by atoms with Gasteiger partial charge in [-0.25, -0.2) is 0 Å². The number of rotatable bonds is 5. The number of carbonyl (C=O) groups excluding carboxylic acids is 2. The number of fused-ring (bicyclic) bond motifs is 1. The second-order valence-corrected chi connectivity index (χ2v) is 5.10. The quantitative estimate of drug-likeness (QED) is 0.694. The number of carbonyl (C=O) groups is 2. The van der Waals surface area contributed by atoms with Crippen LogP contribution in [0.2, 0.25) is 0 Å². The van der Waals surface area contributed by atoms with E-state index in [0.29, 0.717) is 6.54 Å². The lowest BCUT2D eigenvalue weighted by molar-refractivity contribution is -0.127. The van der Waals surface area contributed by atoms with Crippen molar-refractivity contribution < 1.29 is 14.3 Å². The minimum absolute atomic E-state index is 0.0609. The Morgan fingerprint density at radius 1 is 1.45 bits per heavy atom. The van der Waals surface area contributed by atoms with Crippen molar-refractivity contribution in [2.24, 2.45) is 0 Å². The highest BCUT2D eigenvalue weighted by Crippen LogP contribution is 2.27. The first-order chi connectivity index (χ1) is 9.60. The van der Waals surface area contributed by atoms with Gasteiger partial charge in [-0.1, -0.05) is 18.2 Å². The number of thiol groups is 1. The number of hydrogen-bond donors (Lipinski definition) is 3. The SMILES string of the molecule is CC(=O)NC(CS)C(=O)NCC1Cc2ccccc2O1. The van der Waals surface area contributed by atoms with E-state index in [1.807, 2.05) is 24.3 Å². The average molecular weight is 294 g/mol. The predicted molar refractivity (Wildman–Crippen MR) is 79.0 cm³/mol. The highest BCUT2D eigenvalue weighted by molar-refractivity contribution is 7.80. The van der Waals surface area contributed by atoms with Gasteiger partial charge in [0.15, 0.2) is 0 Å². The van der Waals surface area contributed by atoms with Crippen molar-refractivity contribution >= 4 is 24.4 Å². The van der Waals surface area contributed by atoms with Crippen molar-refractivity contribution in [3.05, 3.63) is 29.8 Å². The molecule has 6 heteroatoms. The lowest BCUT2D eigenvalue weighted by Gasteiger charge is -2.17. The van der Waals surface area contributed by atoms with Crippen LogP contribution in [0.1, 0.15) is 12.5 Å². The molecule has 5 nitrogen and oxygen atoms in total. The van der Waals surface area contributed by atoms with E-state index in [2.05, 4.69) is 23.3 Å². The zero-order valence-corrected chi connectivity index (χ0v) is 12.2. The van der Waals surface area contributed by atoms with Gasteiger partial charge < -0.3 is 15.4 Å². The summed E-state index contributed by atoms with van der Waals surface area (Å²) < 4.78 is 5.73. The first-order valence-corrected chi connectivity index (χ1v) is 7.13. The van der Waals surface area contributed by atoms with E-state index in [-0.39, 0.29) is 23.7 Å². The van der Waals surface area contributed by atoms with Gasteiger partial charge in [0.05, 0.1) is 6.54 Å². The maximum absolute atomic E-state index is 11.9. The molecule has 0 radical (unpaired) electrons. The number of benzene rings is 1. The van der Waals surface area contributed by atoms with Crippen LogP contribution in [-0.4, -0.2) is 36.3 Å². The Morgan fingerprint density at radius 2 is 2.20 bits per heavy atom. The van der Waals surface area contributed by atoms with Crippen LogP contribution in [0.5, 0.6) is 5.75 Å². The first-order valence-electron chi connectivity index (χ1n) is 6.50. The third kappa shape index (κ3) is 3.66. The Hall–Kier alpha value is -1.69. The van der Waals surface area contributed by atoms with Gasteiger partial charge in [-0.05, 0) is 11.6 Å². The number of para-hydroxylation sites is 1. The number of amides is 2. The third-order valence-corrected chi connectivity index (χ3v) is 3.46. The second kappa shape index (κ2) is 6.65. The molecule has 0 saturated carbocycles. The monoisotopic (exact) mass is 294 g/mol. The fourth-order valence-electron chi connectivity index (χ4n) is 2.14. The molecular weight excluding hydrogens is 276 g/mol. The molecule has 2 amide bonds. The van der Waals surface area contributed by atoms with Crippen molar-refractivity contribution in [3.63, 3.8) is 0 Å². The predicted octanol–water partition coefficient (Wildman–Crippen LogP) is 0.541. The van der Waals surface area contributed by atoms with Crippen molar-refractivity contribution in [2.45, 2.75) is 25.5 Å². The van der Waals surface area contributed by atoms with Crippen LogP contribution in [0, 0.1) is 0 Å². The first kappa shape index (κ1) is 14.7. The van der Waals surface area contributed by atoms with E-state index in [0.717, 1.165) is 17.7 Å². The van der Waals surface area contributed by atoms with E-state index in [9.17, 15) is 9.59 Å². The molecular formula is C14H18N2O3S. The summed E-state index contributed by atoms with van der Waals surface area (Å²) in [5.41, 5.74) is 1.15. The van der Waals surface area contributed by atoms with Crippen molar-refractivity contribution in [2.75, 3.05) is 12.3 Å². The zero-order valence-electron chi connectivity index (χ0n) is 11.3. The smallest absolute Gasteiger partial charge is 0.243 e. The fourth-order valence-corrected chi connectivity index (χ4v) is 2.40. The van der Waals surface area contributed by atoms with E-state index in [4.69, 9.17) is 4.74 Å². The van der Waals surface area contributed by atoms with E-state index >= 15 is 0 Å². The summed E-state index contributed by atoms with van der Waals surface area (Å²) in [7, 11) is 0. The summed E-state index contributed by atoms with van der Waals surface area (Å²) >= 11 is 4.07. The molecule has 0 saturated heterocycles. The summed E-state index contributed by atoms with van der Waals surface area (Å²) in [6.45, 7) is 1.79. The molecule has 1 aliphatic heterocycles. The summed E-state index contributed by atoms with van der Waals surface area (Å²) in [5, 5.41) is 5.34. The van der Waals surface area contributed by atoms with Crippen LogP contribution in [0.15, 0.2) is 24.3 Å². The molecule has 1 aliphatic rings. The van der Waals surface area contributed by atoms with Gasteiger partial charge in [-0.2, -0.15) is 12.6 Å². The average Bonchev–Trinajstić information content (AvgIpc) is 2.84. The summed E-state index contributed by atoms with van der Waals surface area (Å²) in [4.78, 5) is 22.9. The topological polar surface area (TPSA) is 67.4 Å². The van der Waals surface area contributed by atoms with Crippen molar-refractivity contribution in [1.82, 2.24) is 10.6 Å². The van der Waals surface area contributed by atoms with Crippen LogP contribution in [0.4, 0.5) is 0 Å².